The van der Waals surface area contributed by atoms with E-state index in [-0.39, 0.29) is 0 Å². The summed E-state index contributed by atoms with van der Waals surface area (Å²) in [6.45, 7) is 5.46. The maximum Gasteiger partial charge on any atom is 0.119 e. The number of ether oxygens (including phenoxy) is 1. The fourth-order valence-corrected chi connectivity index (χ4v) is 2.13. The normalized spacial score (nSPS) is 21.4. The quantitative estimate of drug-likeness (QED) is 0.770. The number of nitrogens with zero attached hydrogens (tertiary/aromatic N) is 1. The van der Waals surface area contributed by atoms with Gasteiger partial charge < -0.3 is 15.8 Å². The molecule has 4 heteroatoms. The third kappa shape index (κ3) is 3.70. The van der Waals surface area contributed by atoms with E-state index in [4.69, 9.17) is 10.5 Å². The lowest BCUT2D eigenvalue weighted by Gasteiger charge is -2.35. The largest absolute Gasteiger partial charge is 0.492 e. The van der Waals surface area contributed by atoms with Crippen molar-refractivity contribution in [1.29, 1.82) is 0 Å². The van der Waals surface area contributed by atoms with Crippen molar-refractivity contribution in [2.45, 2.75) is 6.04 Å². The Labute approximate surface area is 103 Å². The van der Waals surface area contributed by atoms with Crippen LogP contribution >= 0.6 is 0 Å². The van der Waals surface area contributed by atoms with E-state index in [1.54, 1.807) is 0 Å². The highest BCUT2D eigenvalue weighted by molar-refractivity contribution is 5.20. The summed E-state index contributed by atoms with van der Waals surface area (Å²) >= 11 is 0. The van der Waals surface area contributed by atoms with Crippen molar-refractivity contribution in [3.63, 3.8) is 0 Å². The monoisotopic (exact) mass is 235 g/mol. The van der Waals surface area contributed by atoms with E-state index < -0.39 is 0 Å². The van der Waals surface area contributed by atoms with Crippen LogP contribution in [0.25, 0.3) is 0 Å². The summed E-state index contributed by atoms with van der Waals surface area (Å²) in [6, 6.07) is 10.4. The lowest BCUT2D eigenvalue weighted by Crippen LogP contribution is -2.55. The van der Waals surface area contributed by atoms with Gasteiger partial charge in [0.15, 0.2) is 0 Å². The molecule has 1 heterocycles. The topological polar surface area (TPSA) is 50.5 Å². The minimum atomic E-state index is 0.447. The van der Waals surface area contributed by atoms with Crippen LogP contribution in [-0.2, 0) is 0 Å². The molecular formula is C13H21N3O. The molecule has 1 unspecified atom stereocenters. The molecule has 4 nitrogen and oxygen atoms in total. The minimum Gasteiger partial charge on any atom is -0.492 e. The highest BCUT2D eigenvalue weighted by Gasteiger charge is 2.19. The zero-order valence-electron chi connectivity index (χ0n) is 10.1. The maximum atomic E-state index is 5.75. The molecule has 1 aromatic carbocycles. The molecule has 1 aliphatic rings. The van der Waals surface area contributed by atoms with Crippen LogP contribution in [0.1, 0.15) is 0 Å². The molecule has 0 radical (unpaired) electrons. The molecule has 1 fully saturated rings. The van der Waals surface area contributed by atoms with Crippen LogP contribution in [-0.4, -0.2) is 50.3 Å². The first-order valence-corrected chi connectivity index (χ1v) is 6.23. The molecule has 0 aromatic heterocycles. The molecule has 94 valence electrons. The molecule has 0 aliphatic carbocycles. The fourth-order valence-electron chi connectivity index (χ4n) is 2.13. The average Bonchev–Trinajstić information content (AvgIpc) is 2.40. The van der Waals surface area contributed by atoms with Gasteiger partial charge in [0.1, 0.15) is 12.4 Å². The van der Waals surface area contributed by atoms with Crippen molar-refractivity contribution < 1.29 is 4.74 Å². The summed E-state index contributed by atoms with van der Waals surface area (Å²) in [5.74, 6) is 0.937. The summed E-state index contributed by atoms with van der Waals surface area (Å²) in [4.78, 5) is 2.40. The van der Waals surface area contributed by atoms with Gasteiger partial charge in [-0.05, 0) is 12.1 Å². The van der Waals surface area contributed by atoms with Crippen molar-refractivity contribution in [2.24, 2.45) is 5.73 Å². The predicted octanol–water partition coefficient (Wildman–Crippen LogP) is 0.298. The first kappa shape index (κ1) is 12.4. The van der Waals surface area contributed by atoms with Crippen LogP contribution in [0.4, 0.5) is 0 Å². The van der Waals surface area contributed by atoms with E-state index in [2.05, 4.69) is 10.2 Å². The zero-order valence-corrected chi connectivity index (χ0v) is 10.1. The Kier molecular flexibility index (Phi) is 4.79. The molecule has 1 aromatic rings. The van der Waals surface area contributed by atoms with E-state index in [9.17, 15) is 0 Å². The molecule has 3 N–H and O–H groups in total. The van der Waals surface area contributed by atoms with Crippen molar-refractivity contribution in [1.82, 2.24) is 10.2 Å². The van der Waals surface area contributed by atoms with Gasteiger partial charge in [0.25, 0.3) is 0 Å². The van der Waals surface area contributed by atoms with E-state index in [0.717, 1.165) is 38.5 Å². The van der Waals surface area contributed by atoms with Crippen molar-refractivity contribution >= 4 is 0 Å². The highest BCUT2D eigenvalue weighted by atomic mass is 16.5. The Hall–Kier alpha value is -1.10. The van der Waals surface area contributed by atoms with E-state index in [0.29, 0.717) is 12.6 Å². The van der Waals surface area contributed by atoms with Crippen LogP contribution in [0.3, 0.4) is 0 Å². The predicted molar refractivity (Wildman–Crippen MR) is 69.2 cm³/mol. The number of nitrogens with one attached hydrogen (secondary N) is 1. The molecular weight excluding hydrogens is 214 g/mol. The molecule has 2 rings (SSSR count). The molecule has 0 bridgehead atoms. The lowest BCUT2D eigenvalue weighted by atomic mass is 10.2. The van der Waals surface area contributed by atoms with E-state index in [1.807, 2.05) is 30.3 Å². The summed E-state index contributed by atoms with van der Waals surface area (Å²) in [7, 11) is 0. The molecule has 17 heavy (non-hydrogen) atoms. The number of nitrogens with two attached hydrogens (primary N) is 1. The van der Waals surface area contributed by atoms with Crippen LogP contribution in [0, 0.1) is 0 Å². The van der Waals surface area contributed by atoms with E-state index in [1.165, 1.54) is 0 Å². The fraction of sp³-hybridized carbons (Fsp3) is 0.538. The molecule has 1 saturated heterocycles. The Bertz CT molecular complexity index is 318. The Morgan fingerprint density at radius 2 is 2.18 bits per heavy atom. The SMILES string of the molecule is NCC1CNCCN1CCOc1ccccc1. The Morgan fingerprint density at radius 1 is 1.35 bits per heavy atom. The second kappa shape index (κ2) is 6.59. The van der Waals surface area contributed by atoms with Gasteiger partial charge in [0.05, 0.1) is 0 Å². The Morgan fingerprint density at radius 3 is 2.94 bits per heavy atom. The van der Waals surface area contributed by atoms with Crippen LogP contribution in [0.2, 0.25) is 0 Å². The lowest BCUT2D eigenvalue weighted by molar-refractivity contribution is 0.137. The van der Waals surface area contributed by atoms with Gasteiger partial charge in [-0.15, -0.1) is 0 Å². The number of rotatable bonds is 5. The highest BCUT2D eigenvalue weighted by Crippen LogP contribution is 2.08. The third-order valence-electron chi connectivity index (χ3n) is 3.13. The van der Waals surface area contributed by atoms with Crippen molar-refractivity contribution in [2.75, 3.05) is 39.3 Å². The summed E-state index contributed by atoms with van der Waals surface area (Å²) in [6.07, 6.45) is 0. The van der Waals surface area contributed by atoms with Gasteiger partial charge in [-0.1, -0.05) is 18.2 Å². The summed E-state index contributed by atoms with van der Waals surface area (Å²) in [5.41, 5.74) is 5.75. The maximum absolute atomic E-state index is 5.75. The van der Waals surface area contributed by atoms with Crippen molar-refractivity contribution in [3.05, 3.63) is 30.3 Å². The van der Waals surface area contributed by atoms with Crippen LogP contribution in [0.15, 0.2) is 30.3 Å². The molecule has 1 atom stereocenters. The van der Waals surface area contributed by atoms with E-state index >= 15 is 0 Å². The Balaban J connectivity index is 1.74. The molecule has 0 amide bonds. The second-order valence-corrected chi connectivity index (χ2v) is 4.29. The first-order valence-electron chi connectivity index (χ1n) is 6.23. The van der Waals surface area contributed by atoms with Gasteiger partial charge >= 0.3 is 0 Å². The smallest absolute Gasteiger partial charge is 0.119 e. The number of piperazine rings is 1. The van der Waals surface area contributed by atoms with Gasteiger partial charge in [-0.2, -0.15) is 0 Å². The number of hydrogen-bond acceptors (Lipinski definition) is 4. The number of benzene rings is 1. The molecule has 0 spiro atoms. The van der Waals surface area contributed by atoms with Gasteiger partial charge in [-0.25, -0.2) is 0 Å². The van der Waals surface area contributed by atoms with Gasteiger partial charge in [-0.3, -0.25) is 4.90 Å². The van der Waals surface area contributed by atoms with Crippen LogP contribution < -0.4 is 15.8 Å². The van der Waals surface area contributed by atoms with Crippen molar-refractivity contribution in [3.8, 4) is 5.75 Å². The molecule has 1 aliphatic heterocycles. The average molecular weight is 235 g/mol. The van der Waals surface area contributed by atoms with Crippen LogP contribution in [0.5, 0.6) is 5.75 Å². The molecule has 0 saturated carbocycles. The zero-order chi connectivity index (χ0) is 11.9. The standard InChI is InChI=1S/C13H21N3O/c14-10-12-11-15-6-7-16(12)8-9-17-13-4-2-1-3-5-13/h1-5,12,15H,6-11,14H2. The number of para-hydroxylation sites is 1. The van der Waals surface area contributed by atoms with Gasteiger partial charge in [0.2, 0.25) is 0 Å². The summed E-state index contributed by atoms with van der Waals surface area (Å²) < 4.78 is 5.70. The van der Waals surface area contributed by atoms with Gasteiger partial charge in [0, 0.05) is 38.8 Å². The second-order valence-electron chi connectivity index (χ2n) is 4.29. The minimum absolute atomic E-state index is 0.447. The first-order chi connectivity index (χ1) is 8.40. The summed E-state index contributed by atoms with van der Waals surface area (Å²) in [5, 5.41) is 3.36. The third-order valence-corrected chi connectivity index (χ3v) is 3.13. The number of hydrogen-bond donors (Lipinski definition) is 2.